The molecule has 704 valence electrons. The second-order valence-electron chi connectivity index (χ2n) is 35.7. The highest BCUT2D eigenvalue weighted by Crippen LogP contribution is 2.37. The standard InChI is InChI=1S/4C23H32N2O5S2/c4*1-23(2,26)18-7-9-19(10-8-18)25-12-11-24(32(27,28)22-6-4-14-31-22)15-20(25)16-29-17-21-5-3-13-30-21/h4*4,6-10,14,20-21,26H,3,5,11-13,15-17H2,1-2H3/t2*20-,21+;2*20-,21-/m1111/s1. The average Bonchev–Trinajstić information content (AvgIpc) is 1.51. The van der Waals surface area contributed by atoms with E-state index in [9.17, 15) is 54.1 Å². The maximum absolute atomic E-state index is 13.1. The number of hydrogen-bond acceptors (Lipinski definition) is 28. The molecule has 8 aliphatic heterocycles. The summed E-state index contributed by atoms with van der Waals surface area (Å²) in [6, 6.07) is 44.5. The highest BCUT2D eigenvalue weighted by atomic mass is 32.3. The van der Waals surface area contributed by atoms with Crippen molar-refractivity contribution >= 4 is 108 Å². The van der Waals surface area contributed by atoms with Crippen molar-refractivity contribution in [2.45, 2.75) is 195 Å². The van der Waals surface area contributed by atoms with Gasteiger partial charge < -0.3 is 77.9 Å². The second-order valence-corrected chi connectivity index (χ2v) is 48.1. The first-order chi connectivity index (χ1) is 61.0. The monoisotopic (exact) mass is 1920 g/mol. The van der Waals surface area contributed by atoms with Gasteiger partial charge in [-0.1, -0.05) is 72.8 Å². The van der Waals surface area contributed by atoms with Crippen molar-refractivity contribution in [2.75, 3.05) is 177 Å². The lowest BCUT2D eigenvalue weighted by Crippen LogP contribution is -2.56. The molecular weight excluding hydrogens is 1790 g/mol. The van der Waals surface area contributed by atoms with Gasteiger partial charge in [0.1, 0.15) is 16.8 Å². The second kappa shape index (κ2) is 44.5. The van der Waals surface area contributed by atoms with Crippen LogP contribution < -0.4 is 19.6 Å². The number of aliphatic hydroxyl groups is 4. The number of anilines is 4. The van der Waals surface area contributed by atoms with E-state index in [0.29, 0.717) is 148 Å². The van der Waals surface area contributed by atoms with Crippen molar-refractivity contribution < 1.29 is 92.0 Å². The minimum atomic E-state index is -3.51. The molecule has 8 aliphatic rings. The summed E-state index contributed by atoms with van der Waals surface area (Å²) < 4.78 is 159. The number of piperazine rings is 4. The summed E-state index contributed by atoms with van der Waals surface area (Å²) in [5.74, 6) is 0. The molecule has 4 N–H and O–H groups in total. The van der Waals surface area contributed by atoms with Crippen LogP contribution in [0.1, 0.15) is 129 Å². The summed E-state index contributed by atoms with van der Waals surface area (Å²) in [7, 11) is -14.0. The van der Waals surface area contributed by atoms with Gasteiger partial charge in [-0.25, -0.2) is 33.7 Å². The van der Waals surface area contributed by atoms with Crippen LogP contribution in [-0.4, -0.2) is 278 Å². The average molecular weight is 1920 g/mol. The van der Waals surface area contributed by atoms with E-state index >= 15 is 0 Å². The van der Waals surface area contributed by atoms with Gasteiger partial charge in [0.2, 0.25) is 0 Å². The van der Waals surface area contributed by atoms with E-state index in [1.54, 1.807) is 143 Å². The summed E-state index contributed by atoms with van der Waals surface area (Å²) in [5, 5.41) is 48.2. The topological polar surface area (TPSA) is 317 Å². The third-order valence-electron chi connectivity index (χ3n) is 24.3. The lowest BCUT2D eigenvalue weighted by Gasteiger charge is -2.42. The Balaban J connectivity index is 0.000000146. The number of thiophene rings is 4. The van der Waals surface area contributed by atoms with E-state index in [2.05, 4.69) is 19.6 Å². The van der Waals surface area contributed by atoms with Crippen molar-refractivity contribution in [3.63, 3.8) is 0 Å². The predicted octanol–water partition coefficient (Wildman–Crippen LogP) is 12.2. The van der Waals surface area contributed by atoms with E-state index in [1.807, 2.05) is 97.1 Å². The molecule has 0 amide bonds. The molecule has 0 unspecified atom stereocenters. The van der Waals surface area contributed by atoms with Gasteiger partial charge in [-0.2, -0.15) is 17.2 Å². The van der Waals surface area contributed by atoms with Crippen LogP contribution in [-0.2, 0) is 100 Å². The van der Waals surface area contributed by atoms with E-state index < -0.39 is 62.5 Å². The van der Waals surface area contributed by atoms with Gasteiger partial charge in [-0.15, -0.1) is 45.3 Å². The fourth-order valence-corrected chi connectivity index (χ4v) is 27.4. The van der Waals surface area contributed by atoms with Crippen molar-refractivity contribution in [2.24, 2.45) is 0 Å². The molecule has 8 saturated heterocycles. The summed E-state index contributed by atoms with van der Waals surface area (Å²) in [4.78, 5) is 8.85. The molecular formula is C92H128N8O20S8. The molecule has 8 atom stereocenters. The Bertz CT molecular complexity index is 4510. The van der Waals surface area contributed by atoms with Gasteiger partial charge in [0.25, 0.3) is 40.1 Å². The zero-order chi connectivity index (χ0) is 91.1. The maximum atomic E-state index is 13.1. The lowest BCUT2D eigenvalue weighted by atomic mass is 9.98. The molecule has 12 heterocycles. The Labute approximate surface area is 773 Å². The third-order valence-corrected chi connectivity index (χ3v) is 37.3. The maximum Gasteiger partial charge on any atom is 0.252 e. The molecule has 8 aromatic rings. The van der Waals surface area contributed by atoms with Crippen LogP contribution in [0.2, 0.25) is 0 Å². The molecule has 0 aliphatic carbocycles. The highest BCUT2D eigenvalue weighted by molar-refractivity contribution is 7.92. The first-order valence-corrected chi connectivity index (χ1v) is 53.6. The van der Waals surface area contributed by atoms with Gasteiger partial charge in [0, 0.05) is 128 Å². The van der Waals surface area contributed by atoms with Gasteiger partial charge in [-0.3, -0.25) is 0 Å². The number of hydrogen-bond donors (Lipinski definition) is 4. The molecule has 16 rings (SSSR count). The third kappa shape index (κ3) is 26.4. The predicted molar refractivity (Wildman–Crippen MR) is 503 cm³/mol. The first kappa shape index (κ1) is 99.5. The quantitative estimate of drug-likeness (QED) is 0.0304. The number of sulfonamides is 4. The molecule has 28 nitrogen and oxygen atoms in total. The van der Waals surface area contributed by atoms with Crippen LogP contribution in [0, 0.1) is 0 Å². The van der Waals surface area contributed by atoms with Crippen molar-refractivity contribution in [1.82, 2.24) is 17.2 Å². The smallest absolute Gasteiger partial charge is 0.252 e. The minimum absolute atomic E-state index is 0.118. The molecule has 4 aromatic heterocycles. The lowest BCUT2D eigenvalue weighted by molar-refractivity contribution is 0.00985. The molecule has 8 fully saturated rings. The molecule has 128 heavy (non-hydrogen) atoms. The van der Waals surface area contributed by atoms with Crippen molar-refractivity contribution in [3.8, 4) is 0 Å². The number of rotatable bonds is 32. The van der Waals surface area contributed by atoms with E-state index in [-0.39, 0.29) is 48.6 Å². The Hall–Kier alpha value is -5.96. The van der Waals surface area contributed by atoms with E-state index in [0.717, 1.165) is 123 Å². The van der Waals surface area contributed by atoms with E-state index in [1.165, 1.54) is 45.3 Å². The summed E-state index contributed by atoms with van der Waals surface area (Å²) in [5.41, 5.74) is 3.72. The molecule has 4 aromatic carbocycles. The summed E-state index contributed by atoms with van der Waals surface area (Å²) in [6.07, 6.45) is 8.78. The summed E-state index contributed by atoms with van der Waals surface area (Å²) >= 11 is 4.98. The van der Waals surface area contributed by atoms with Gasteiger partial charge in [-0.05, 0) is 223 Å². The van der Waals surface area contributed by atoms with Crippen LogP contribution >= 0.6 is 45.3 Å². The fourth-order valence-electron chi connectivity index (χ4n) is 16.9. The Morgan fingerprint density at radius 1 is 0.297 bits per heavy atom. The van der Waals surface area contributed by atoms with Crippen molar-refractivity contribution in [3.05, 3.63) is 189 Å². The van der Waals surface area contributed by atoms with Gasteiger partial charge in [0.05, 0.1) is 124 Å². The zero-order valence-electron chi connectivity index (χ0n) is 74.6. The van der Waals surface area contributed by atoms with Crippen molar-refractivity contribution in [1.29, 1.82) is 0 Å². The molecule has 36 heteroatoms. The Kier molecular flexibility index (Phi) is 34.6. The highest BCUT2D eigenvalue weighted by Gasteiger charge is 2.42. The van der Waals surface area contributed by atoms with Gasteiger partial charge >= 0.3 is 0 Å². The molecule has 0 radical (unpaired) electrons. The van der Waals surface area contributed by atoms with E-state index in [4.69, 9.17) is 37.9 Å². The van der Waals surface area contributed by atoms with Crippen LogP contribution in [0.5, 0.6) is 0 Å². The Morgan fingerprint density at radius 2 is 0.492 bits per heavy atom. The molecule has 0 saturated carbocycles. The first-order valence-electron chi connectivity index (χ1n) is 44.3. The normalized spacial score (nSPS) is 23.0. The SMILES string of the molecule is CC(C)(O)c1ccc(N2CCN(S(=O)(=O)c3cccs3)C[C@@H]2COC[C@@H]2CCCO2)cc1.CC(C)(O)c1ccc(N2CCN(S(=O)(=O)c3cccs3)C[C@@H]2COC[C@@H]2CCCO2)cc1.CC(C)(O)c1ccc(N2CCN(S(=O)(=O)c3cccs3)C[C@@H]2COC[C@H]2CCCO2)cc1.CC(C)(O)c1ccc(N2CCN(S(=O)(=O)c3cccs3)C[C@@H]2COC[C@H]2CCCO2)cc1. The van der Waals surface area contributed by atoms with Crippen LogP contribution in [0.3, 0.4) is 0 Å². The van der Waals surface area contributed by atoms with Gasteiger partial charge in [0.15, 0.2) is 0 Å². The molecule has 0 bridgehead atoms. The fraction of sp³-hybridized carbons (Fsp3) is 0.565. The Morgan fingerprint density at radius 3 is 0.648 bits per heavy atom. The van der Waals surface area contributed by atoms with Crippen LogP contribution in [0.4, 0.5) is 22.7 Å². The number of ether oxygens (including phenoxy) is 8. The number of nitrogens with zero attached hydrogens (tertiary/aromatic N) is 8. The zero-order valence-corrected chi connectivity index (χ0v) is 81.1. The summed E-state index contributed by atoms with van der Waals surface area (Å²) in [6.45, 7) is 26.4. The van der Waals surface area contributed by atoms with Crippen LogP contribution in [0.15, 0.2) is 184 Å². The number of benzene rings is 4. The minimum Gasteiger partial charge on any atom is -0.386 e. The largest absolute Gasteiger partial charge is 0.386 e. The molecule has 0 spiro atoms. The van der Waals surface area contributed by atoms with Crippen LogP contribution in [0.25, 0.3) is 0 Å².